The van der Waals surface area contributed by atoms with Crippen molar-refractivity contribution in [2.45, 2.75) is 25.2 Å². The number of thiazole rings is 1. The largest absolute Gasteiger partial charge is 0.458 e. The smallest absolute Gasteiger partial charge is 0.316 e. The summed E-state index contributed by atoms with van der Waals surface area (Å²) in [4.78, 5) is 16.7. The van der Waals surface area contributed by atoms with Gasteiger partial charge in [0, 0.05) is 17.1 Å². The average molecular weight is 445 g/mol. The molecule has 4 rings (SSSR count). The molecule has 0 amide bonds. The van der Waals surface area contributed by atoms with Gasteiger partial charge in [0.1, 0.15) is 11.6 Å². The molecule has 0 unspecified atom stereocenters. The van der Waals surface area contributed by atoms with Gasteiger partial charge in [-0.25, -0.2) is 4.98 Å². The second kappa shape index (κ2) is 8.94. The summed E-state index contributed by atoms with van der Waals surface area (Å²) in [5.41, 5.74) is 1.85. The van der Waals surface area contributed by atoms with Crippen molar-refractivity contribution in [3.8, 4) is 11.4 Å². The molecule has 0 aliphatic heterocycles. The molecule has 0 aliphatic carbocycles. The summed E-state index contributed by atoms with van der Waals surface area (Å²) in [5, 5.41) is 10.6. The van der Waals surface area contributed by atoms with Crippen LogP contribution in [0.1, 0.15) is 11.9 Å². The number of fused-ring (bicyclic) bond motifs is 1. The number of carbonyl (C=O) groups excluding carboxylic acids is 1. The van der Waals surface area contributed by atoms with Crippen LogP contribution in [0.5, 0.6) is 0 Å². The molecule has 2 heterocycles. The lowest BCUT2D eigenvalue weighted by Crippen LogP contribution is -2.08. The van der Waals surface area contributed by atoms with Crippen molar-refractivity contribution in [2.24, 2.45) is 0 Å². The van der Waals surface area contributed by atoms with Gasteiger partial charge >= 0.3 is 5.97 Å². The highest BCUT2D eigenvalue weighted by atomic mass is 35.5. The maximum absolute atomic E-state index is 12.2. The van der Waals surface area contributed by atoms with E-state index in [0.717, 1.165) is 26.6 Å². The van der Waals surface area contributed by atoms with Gasteiger partial charge in [0.15, 0.2) is 11.0 Å². The minimum absolute atomic E-state index is 0.156. The first-order valence-corrected chi connectivity index (χ1v) is 11.1. The van der Waals surface area contributed by atoms with Crippen molar-refractivity contribution in [1.82, 2.24) is 19.7 Å². The SMILES string of the molecule is CCn1c(SCC(=O)OCc2nc3ccccc3s2)nnc1-c1ccc(Cl)cc1. The summed E-state index contributed by atoms with van der Waals surface area (Å²) >= 11 is 8.80. The number of ether oxygens (including phenoxy) is 1. The van der Waals surface area contributed by atoms with Gasteiger partial charge in [-0.2, -0.15) is 0 Å². The van der Waals surface area contributed by atoms with Crippen LogP contribution < -0.4 is 0 Å². The molecule has 0 atom stereocenters. The van der Waals surface area contributed by atoms with E-state index in [-0.39, 0.29) is 18.3 Å². The Hall–Kier alpha value is -2.42. The molecule has 29 heavy (non-hydrogen) atoms. The van der Waals surface area contributed by atoms with Crippen molar-refractivity contribution in [2.75, 3.05) is 5.75 Å². The predicted octanol–water partition coefficient (Wildman–Crippen LogP) is 5.06. The van der Waals surface area contributed by atoms with E-state index in [9.17, 15) is 4.79 Å². The van der Waals surface area contributed by atoms with E-state index in [1.165, 1.54) is 23.1 Å². The molecule has 2 aromatic heterocycles. The van der Waals surface area contributed by atoms with Crippen LogP contribution in [0.15, 0.2) is 53.7 Å². The van der Waals surface area contributed by atoms with Gasteiger partial charge in [-0.3, -0.25) is 4.79 Å². The van der Waals surface area contributed by atoms with Gasteiger partial charge in [-0.05, 0) is 43.3 Å². The number of thioether (sulfide) groups is 1. The third-order valence-electron chi connectivity index (χ3n) is 4.15. The van der Waals surface area contributed by atoms with Gasteiger partial charge in [0.05, 0.1) is 16.0 Å². The summed E-state index contributed by atoms with van der Waals surface area (Å²) in [7, 11) is 0. The molecule has 0 spiro atoms. The Bertz CT molecular complexity index is 1110. The average Bonchev–Trinajstić information content (AvgIpc) is 3.34. The molecule has 0 saturated heterocycles. The highest BCUT2D eigenvalue weighted by Gasteiger charge is 2.15. The summed E-state index contributed by atoms with van der Waals surface area (Å²) in [6, 6.07) is 15.3. The third kappa shape index (κ3) is 4.60. The number of hydrogen-bond donors (Lipinski definition) is 0. The lowest BCUT2D eigenvalue weighted by atomic mass is 10.2. The number of rotatable bonds is 7. The zero-order valence-corrected chi connectivity index (χ0v) is 17.9. The van der Waals surface area contributed by atoms with E-state index in [4.69, 9.17) is 16.3 Å². The first-order chi connectivity index (χ1) is 14.1. The van der Waals surface area contributed by atoms with E-state index >= 15 is 0 Å². The van der Waals surface area contributed by atoms with E-state index in [0.29, 0.717) is 16.7 Å². The number of carbonyl (C=O) groups is 1. The minimum atomic E-state index is -0.312. The van der Waals surface area contributed by atoms with Crippen LogP contribution >= 0.6 is 34.7 Å². The van der Waals surface area contributed by atoms with Crippen LogP contribution in [0.2, 0.25) is 5.02 Å². The van der Waals surface area contributed by atoms with Crippen molar-refractivity contribution < 1.29 is 9.53 Å². The molecule has 0 bridgehead atoms. The van der Waals surface area contributed by atoms with Gasteiger partial charge < -0.3 is 9.30 Å². The second-order valence-corrected chi connectivity index (χ2v) is 8.58. The summed E-state index contributed by atoms with van der Waals surface area (Å²) in [5.74, 6) is 0.589. The van der Waals surface area contributed by atoms with Crippen molar-refractivity contribution in [3.63, 3.8) is 0 Å². The normalized spacial score (nSPS) is 11.1. The number of esters is 1. The Kier molecular flexibility index (Phi) is 6.13. The molecule has 0 fully saturated rings. The fourth-order valence-corrected chi connectivity index (χ4v) is 4.59. The number of para-hydroxylation sites is 1. The molecule has 9 heteroatoms. The number of hydrogen-bond acceptors (Lipinski definition) is 7. The maximum atomic E-state index is 12.2. The molecule has 0 aliphatic rings. The number of halogens is 1. The van der Waals surface area contributed by atoms with Gasteiger partial charge in [-0.15, -0.1) is 21.5 Å². The first-order valence-electron chi connectivity index (χ1n) is 8.96. The van der Waals surface area contributed by atoms with Crippen molar-refractivity contribution in [3.05, 3.63) is 58.6 Å². The van der Waals surface area contributed by atoms with Crippen LogP contribution in [0.3, 0.4) is 0 Å². The van der Waals surface area contributed by atoms with Crippen LogP contribution in [0.4, 0.5) is 0 Å². The van der Waals surface area contributed by atoms with Gasteiger partial charge in [-0.1, -0.05) is 35.5 Å². The minimum Gasteiger partial charge on any atom is -0.458 e. The molecule has 0 N–H and O–H groups in total. The lowest BCUT2D eigenvalue weighted by molar-refractivity contribution is -0.141. The Labute approximate surface area is 180 Å². The predicted molar refractivity (Wildman–Crippen MR) is 116 cm³/mol. The Balaban J connectivity index is 1.37. The Morgan fingerprint density at radius 3 is 2.72 bits per heavy atom. The monoisotopic (exact) mass is 444 g/mol. The summed E-state index contributed by atoms with van der Waals surface area (Å²) in [6.07, 6.45) is 0. The third-order valence-corrected chi connectivity index (χ3v) is 6.35. The van der Waals surface area contributed by atoms with E-state index in [1.54, 1.807) is 0 Å². The van der Waals surface area contributed by atoms with Crippen LogP contribution in [0, 0.1) is 0 Å². The zero-order chi connectivity index (χ0) is 20.2. The summed E-state index contributed by atoms with van der Waals surface area (Å²) < 4.78 is 8.42. The maximum Gasteiger partial charge on any atom is 0.316 e. The molecule has 0 radical (unpaired) electrons. The van der Waals surface area contributed by atoms with E-state index in [2.05, 4.69) is 15.2 Å². The molecule has 148 valence electrons. The van der Waals surface area contributed by atoms with Crippen LogP contribution in [-0.4, -0.2) is 31.5 Å². The fourth-order valence-electron chi connectivity index (χ4n) is 2.78. The van der Waals surface area contributed by atoms with Gasteiger partial charge in [0.25, 0.3) is 0 Å². The number of benzene rings is 2. The topological polar surface area (TPSA) is 69.9 Å². The number of nitrogens with zero attached hydrogens (tertiary/aromatic N) is 4. The molecule has 2 aromatic carbocycles. The van der Waals surface area contributed by atoms with Crippen molar-refractivity contribution in [1.29, 1.82) is 0 Å². The lowest BCUT2D eigenvalue weighted by Gasteiger charge is -2.07. The molecular formula is C20H17ClN4O2S2. The zero-order valence-electron chi connectivity index (χ0n) is 15.5. The van der Waals surface area contributed by atoms with E-state index < -0.39 is 0 Å². The standard InChI is InChI=1S/C20H17ClN4O2S2/c1-2-25-19(13-7-9-14(21)10-8-13)23-24-20(25)28-12-18(26)27-11-17-22-15-5-3-4-6-16(15)29-17/h3-10H,2,11-12H2,1H3. The molecule has 4 aromatic rings. The Morgan fingerprint density at radius 1 is 1.17 bits per heavy atom. The van der Waals surface area contributed by atoms with Crippen LogP contribution in [-0.2, 0) is 22.7 Å². The Morgan fingerprint density at radius 2 is 1.97 bits per heavy atom. The van der Waals surface area contributed by atoms with Gasteiger partial charge in [0.2, 0.25) is 0 Å². The summed E-state index contributed by atoms with van der Waals surface area (Å²) in [6.45, 7) is 2.88. The van der Waals surface area contributed by atoms with Crippen molar-refractivity contribution >= 4 is 50.9 Å². The highest BCUT2D eigenvalue weighted by molar-refractivity contribution is 7.99. The molecule has 0 saturated carbocycles. The molecular weight excluding hydrogens is 428 g/mol. The fraction of sp³-hybridized carbons (Fsp3) is 0.200. The quantitative estimate of drug-likeness (QED) is 0.293. The molecule has 6 nitrogen and oxygen atoms in total. The number of aromatic nitrogens is 4. The van der Waals surface area contributed by atoms with Crippen LogP contribution in [0.25, 0.3) is 21.6 Å². The van der Waals surface area contributed by atoms with E-state index in [1.807, 2.05) is 60.0 Å². The highest BCUT2D eigenvalue weighted by Crippen LogP contribution is 2.26. The second-order valence-electron chi connectivity index (χ2n) is 6.08. The first kappa shape index (κ1) is 19.9.